The molecule has 0 aromatic heterocycles. The summed E-state index contributed by atoms with van der Waals surface area (Å²) in [6.07, 6.45) is 2.31. The molecule has 1 saturated heterocycles. The van der Waals surface area contributed by atoms with Crippen LogP contribution in [0.25, 0.3) is 0 Å². The first-order valence-corrected chi connectivity index (χ1v) is 11.8. The number of oxime groups is 1. The lowest BCUT2D eigenvalue weighted by Gasteiger charge is -2.40. The Morgan fingerprint density at radius 2 is 1.97 bits per heavy atom. The van der Waals surface area contributed by atoms with Crippen molar-refractivity contribution in [3.05, 3.63) is 29.8 Å². The van der Waals surface area contributed by atoms with E-state index >= 15 is 0 Å². The lowest BCUT2D eigenvalue weighted by molar-refractivity contribution is -0.120. The summed E-state index contributed by atoms with van der Waals surface area (Å²) in [5.41, 5.74) is 1.53. The maximum atomic E-state index is 13.3. The highest BCUT2D eigenvalue weighted by molar-refractivity contribution is 7.89. The molecule has 0 radical (unpaired) electrons. The van der Waals surface area contributed by atoms with Crippen molar-refractivity contribution in [3.8, 4) is 0 Å². The zero-order valence-electron chi connectivity index (χ0n) is 17.3. The minimum absolute atomic E-state index is 0.0967. The number of para-hydroxylation sites is 1. The largest absolute Gasteiger partial charge is 0.411 e. The number of carbonyl (C=O) groups is 1. The number of fused-ring (bicyclic) bond motifs is 2. The molecule has 29 heavy (non-hydrogen) atoms. The quantitative estimate of drug-likeness (QED) is 0.600. The van der Waals surface area contributed by atoms with Crippen molar-refractivity contribution >= 4 is 27.3 Å². The smallest absolute Gasteiger partial charge is 0.242 e. The van der Waals surface area contributed by atoms with Crippen LogP contribution in [0.2, 0.25) is 0 Å². The molecule has 2 bridgehead atoms. The molecule has 1 heterocycles. The van der Waals surface area contributed by atoms with Crippen LogP contribution in [0.4, 0.5) is 5.69 Å². The number of sulfonamides is 1. The van der Waals surface area contributed by atoms with Crippen LogP contribution >= 0.6 is 0 Å². The summed E-state index contributed by atoms with van der Waals surface area (Å²) in [7, 11) is -3.68. The lowest BCUT2D eigenvalue weighted by atomic mass is 9.70. The molecule has 1 aromatic rings. The Hall–Kier alpha value is -1.93. The third kappa shape index (κ3) is 2.99. The molecule has 2 atom stereocenters. The Balaban J connectivity index is 1.55. The van der Waals surface area contributed by atoms with Gasteiger partial charge in [-0.25, -0.2) is 8.42 Å². The maximum absolute atomic E-state index is 13.3. The van der Waals surface area contributed by atoms with Gasteiger partial charge in [0.1, 0.15) is 0 Å². The maximum Gasteiger partial charge on any atom is 0.242 e. The highest BCUT2D eigenvalue weighted by atomic mass is 32.2. The van der Waals surface area contributed by atoms with Crippen LogP contribution in [-0.4, -0.2) is 54.9 Å². The molecular weight excluding hydrogens is 390 g/mol. The van der Waals surface area contributed by atoms with Crippen LogP contribution in [-0.2, 0) is 14.8 Å². The number of hydrogen-bond acceptors (Lipinski definition) is 5. The topological polar surface area (TPSA) is 90.3 Å². The highest BCUT2D eigenvalue weighted by Gasteiger charge is 2.64. The van der Waals surface area contributed by atoms with Gasteiger partial charge in [-0.05, 0) is 49.1 Å². The summed E-state index contributed by atoms with van der Waals surface area (Å²) in [5.74, 6) is 0.0290. The van der Waals surface area contributed by atoms with E-state index in [4.69, 9.17) is 0 Å². The molecule has 8 heteroatoms. The molecular formula is C21H29N3O4S. The summed E-state index contributed by atoms with van der Waals surface area (Å²) in [5, 5.41) is 13.0. The fourth-order valence-corrected chi connectivity index (χ4v) is 7.84. The lowest BCUT2D eigenvalue weighted by Crippen LogP contribution is -2.55. The van der Waals surface area contributed by atoms with Crippen molar-refractivity contribution in [2.45, 2.75) is 40.0 Å². The van der Waals surface area contributed by atoms with Crippen LogP contribution in [0, 0.1) is 23.7 Å². The van der Waals surface area contributed by atoms with E-state index in [2.05, 4.69) is 19.0 Å². The Morgan fingerprint density at radius 1 is 1.24 bits per heavy atom. The van der Waals surface area contributed by atoms with Gasteiger partial charge in [0.15, 0.2) is 0 Å². The summed E-state index contributed by atoms with van der Waals surface area (Å²) in [4.78, 5) is 14.5. The normalized spacial score (nSPS) is 31.0. The standard InChI is InChI=1S/C21H29N3O4S/c1-15-6-4-5-7-17(15)24-11-10-23(13-19(24)25)29(27,28)14-21-9-8-16(20(21,2)3)12-18(21)22-26/h4-7,16,26H,8-14H2,1-3H3. The number of aryl methyl sites for hydroxylation is 1. The van der Waals surface area contributed by atoms with Gasteiger partial charge in [0.25, 0.3) is 0 Å². The molecule has 3 fully saturated rings. The fourth-order valence-electron chi connectivity index (χ4n) is 5.69. The van der Waals surface area contributed by atoms with Gasteiger partial charge in [0.05, 0.1) is 18.0 Å². The fraction of sp³-hybridized carbons (Fsp3) is 0.619. The van der Waals surface area contributed by atoms with Crippen molar-refractivity contribution in [2.24, 2.45) is 21.9 Å². The number of anilines is 1. The van der Waals surface area contributed by atoms with Gasteiger partial charge >= 0.3 is 0 Å². The van der Waals surface area contributed by atoms with E-state index in [1.54, 1.807) is 4.90 Å². The van der Waals surface area contributed by atoms with Crippen LogP contribution in [0.5, 0.6) is 0 Å². The highest BCUT2D eigenvalue weighted by Crippen LogP contribution is 2.64. The van der Waals surface area contributed by atoms with Crippen molar-refractivity contribution in [1.82, 2.24) is 4.31 Å². The number of benzene rings is 1. The van der Waals surface area contributed by atoms with Crippen molar-refractivity contribution in [1.29, 1.82) is 0 Å². The number of hydrogen-bond donors (Lipinski definition) is 1. The number of carbonyl (C=O) groups excluding carboxylic acids is 1. The van der Waals surface area contributed by atoms with Crippen LogP contribution in [0.1, 0.15) is 38.7 Å². The zero-order valence-corrected chi connectivity index (χ0v) is 18.1. The molecule has 3 aliphatic rings. The predicted molar refractivity (Wildman–Crippen MR) is 112 cm³/mol. The molecule has 7 nitrogen and oxygen atoms in total. The third-order valence-electron chi connectivity index (χ3n) is 7.70. The van der Waals surface area contributed by atoms with Crippen LogP contribution in [0.15, 0.2) is 29.4 Å². The van der Waals surface area contributed by atoms with Crippen molar-refractivity contribution in [3.63, 3.8) is 0 Å². The second kappa shape index (κ2) is 6.80. The summed E-state index contributed by atoms with van der Waals surface area (Å²) < 4.78 is 28.0. The van der Waals surface area contributed by atoms with Gasteiger partial charge < -0.3 is 10.1 Å². The molecule has 4 rings (SSSR count). The van der Waals surface area contributed by atoms with Crippen molar-refractivity contribution < 1.29 is 18.4 Å². The Kier molecular flexibility index (Phi) is 4.77. The summed E-state index contributed by atoms with van der Waals surface area (Å²) in [6, 6.07) is 7.63. The number of nitrogens with zero attached hydrogens (tertiary/aromatic N) is 3. The third-order valence-corrected chi connectivity index (χ3v) is 9.66. The Bertz CT molecular complexity index is 972. The average molecular weight is 420 g/mol. The molecule has 2 unspecified atom stereocenters. The molecule has 0 spiro atoms. The molecule has 2 aliphatic carbocycles. The van der Waals surface area contributed by atoms with Gasteiger partial charge in [-0.1, -0.05) is 37.2 Å². The summed E-state index contributed by atoms with van der Waals surface area (Å²) in [6.45, 7) is 6.57. The van der Waals surface area contributed by atoms with E-state index in [9.17, 15) is 18.4 Å². The molecule has 1 amide bonds. The minimum Gasteiger partial charge on any atom is -0.411 e. The first-order valence-electron chi connectivity index (χ1n) is 10.2. The number of rotatable bonds is 4. The van der Waals surface area contributed by atoms with Crippen LogP contribution in [0.3, 0.4) is 0 Å². The molecule has 2 saturated carbocycles. The predicted octanol–water partition coefficient (Wildman–Crippen LogP) is 2.63. The van der Waals surface area contributed by atoms with E-state index in [0.29, 0.717) is 31.0 Å². The minimum atomic E-state index is -3.68. The first kappa shape index (κ1) is 20.3. The molecule has 158 valence electrons. The number of piperazine rings is 1. The van der Waals surface area contributed by atoms with E-state index in [-0.39, 0.29) is 30.2 Å². The van der Waals surface area contributed by atoms with Gasteiger partial charge in [-0.3, -0.25) is 4.79 Å². The Labute approximate surface area is 172 Å². The van der Waals surface area contributed by atoms with Gasteiger partial charge in [0, 0.05) is 24.2 Å². The van der Waals surface area contributed by atoms with Gasteiger partial charge in [-0.15, -0.1) is 0 Å². The Morgan fingerprint density at radius 3 is 2.59 bits per heavy atom. The SMILES string of the molecule is Cc1ccccc1N1CCN(S(=O)(=O)CC23CCC(CC2=NO)C3(C)C)CC1=O. The van der Waals surface area contributed by atoms with Crippen molar-refractivity contribution in [2.75, 3.05) is 30.3 Å². The van der Waals surface area contributed by atoms with E-state index in [1.165, 1.54) is 4.31 Å². The molecule has 1 aromatic carbocycles. The van der Waals surface area contributed by atoms with Gasteiger partial charge in [-0.2, -0.15) is 4.31 Å². The van der Waals surface area contributed by atoms with Crippen LogP contribution < -0.4 is 4.90 Å². The number of amides is 1. The monoisotopic (exact) mass is 419 g/mol. The second-order valence-electron chi connectivity index (χ2n) is 9.21. The first-order chi connectivity index (χ1) is 13.6. The van der Waals surface area contributed by atoms with E-state index in [1.807, 2.05) is 31.2 Å². The van der Waals surface area contributed by atoms with Gasteiger partial charge in [0.2, 0.25) is 15.9 Å². The molecule has 1 N–H and O–H groups in total. The van der Waals surface area contributed by atoms with E-state index in [0.717, 1.165) is 17.7 Å². The zero-order chi connectivity index (χ0) is 21.0. The molecule has 1 aliphatic heterocycles. The average Bonchev–Trinajstić information content (AvgIpc) is 3.03. The summed E-state index contributed by atoms with van der Waals surface area (Å²) >= 11 is 0. The van der Waals surface area contributed by atoms with E-state index < -0.39 is 15.4 Å². The second-order valence-corrected chi connectivity index (χ2v) is 11.2.